The number of nitrogens with zero attached hydrogens (tertiary/aromatic N) is 3. The summed E-state index contributed by atoms with van der Waals surface area (Å²) in [5.74, 6) is -0.0638. The fourth-order valence-corrected chi connectivity index (χ4v) is 1.52. The number of nitrogens with two attached hydrogens (primary N) is 1. The van der Waals surface area contributed by atoms with Crippen LogP contribution in [-0.2, 0) is 0 Å². The van der Waals surface area contributed by atoms with Gasteiger partial charge < -0.3 is 5.73 Å². The van der Waals surface area contributed by atoms with Crippen molar-refractivity contribution < 1.29 is 4.79 Å². The molecule has 0 spiro atoms. The first kappa shape index (κ1) is 16.2. The summed E-state index contributed by atoms with van der Waals surface area (Å²) >= 11 is 0. The zero-order valence-electron chi connectivity index (χ0n) is 11.8. The standard InChI is InChI=1S/C14H18N6O/c1-11(12-7-4-3-5-8-12)18-13(16)19-14(21)20(17-2)10-6-9-15/h3-5,7-8,17H,1,6,10H2,2H3,(H3,16,18,19,21). The first-order valence-corrected chi connectivity index (χ1v) is 6.29. The van der Waals surface area contributed by atoms with Crippen molar-refractivity contribution in [2.75, 3.05) is 13.6 Å². The first-order valence-electron chi connectivity index (χ1n) is 6.29. The van der Waals surface area contributed by atoms with E-state index in [-0.39, 0.29) is 18.9 Å². The number of hydrogen-bond donors (Lipinski definition) is 3. The average molecular weight is 286 g/mol. The second-order valence-electron chi connectivity index (χ2n) is 4.02. The van der Waals surface area contributed by atoms with Crippen molar-refractivity contribution >= 4 is 17.7 Å². The molecule has 7 nitrogen and oxygen atoms in total. The molecule has 1 aromatic carbocycles. The Hall–Kier alpha value is -2.85. The van der Waals surface area contributed by atoms with Crippen molar-refractivity contribution in [3.8, 4) is 6.07 Å². The zero-order chi connectivity index (χ0) is 15.7. The maximum absolute atomic E-state index is 11.9. The van der Waals surface area contributed by atoms with E-state index in [9.17, 15) is 4.79 Å². The summed E-state index contributed by atoms with van der Waals surface area (Å²) in [4.78, 5) is 15.9. The SMILES string of the molecule is C=C(/N=C(/N)NC(=O)N(CCC#N)NC)c1ccccc1. The summed E-state index contributed by atoms with van der Waals surface area (Å²) in [6, 6.07) is 10.7. The van der Waals surface area contributed by atoms with Crippen molar-refractivity contribution in [2.24, 2.45) is 10.7 Å². The Bertz CT molecular complexity index is 561. The first-order chi connectivity index (χ1) is 10.1. The molecule has 0 aromatic heterocycles. The highest BCUT2D eigenvalue weighted by Gasteiger charge is 2.12. The molecule has 0 aliphatic heterocycles. The lowest BCUT2D eigenvalue weighted by Crippen LogP contribution is -2.50. The molecule has 2 amide bonds. The zero-order valence-corrected chi connectivity index (χ0v) is 11.8. The summed E-state index contributed by atoms with van der Waals surface area (Å²) < 4.78 is 0. The van der Waals surface area contributed by atoms with Crippen LogP contribution in [-0.4, -0.2) is 30.6 Å². The van der Waals surface area contributed by atoms with Crippen LogP contribution in [0.5, 0.6) is 0 Å². The summed E-state index contributed by atoms with van der Waals surface area (Å²) in [5, 5.41) is 12.2. The monoisotopic (exact) mass is 286 g/mol. The molecule has 0 aliphatic rings. The summed E-state index contributed by atoms with van der Waals surface area (Å²) in [6.07, 6.45) is 0.210. The fourth-order valence-electron chi connectivity index (χ4n) is 1.52. The minimum Gasteiger partial charge on any atom is -0.369 e. The van der Waals surface area contributed by atoms with Crippen molar-refractivity contribution in [1.29, 1.82) is 5.26 Å². The van der Waals surface area contributed by atoms with E-state index in [2.05, 4.69) is 22.3 Å². The van der Waals surface area contributed by atoms with Crippen LogP contribution in [0.3, 0.4) is 0 Å². The topological polar surface area (TPSA) is 107 Å². The quantitative estimate of drug-likeness (QED) is 0.427. The number of carbonyl (C=O) groups is 1. The molecule has 110 valence electrons. The van der Waals surface area contributed by atoms with Gasteiger partial charge in [0.15, 0.2) is 0 Å². The molecule has 0 saturated carbocycles. The van der Waals surface area contributed by atoms with Gasteiger partial charge in [-0.25, -0.2) is 15.2 Å². The number of hydrogen-bond acceptors (Lipinski definition) is 4. The van der Waals surface area contributed by atoms with Crippen LogP contribution in [0.1, 0.15) is 12.0 Å². The molecule has 7 heteroatoms. The minimum atomic E-state index is -0.491. The van der Waals surface area contributed by atoms with Gasteiger partial charge in [-0.1, -0.05) is 36.9 Å². The number of carbonyl (C=O) groups excluding carboxylic acids is 1. The largest absolute Gasteiger partial charge is 0.369 e. The predicted molar refractivity (Wildman–Crippen MR) is 81.6 cm³/mol. The maximum atomic E-state index is 11.9. The molecule has 4 N–H and O–H groups in total. The number of nitrogens with one attached hydrogen (secondary N) is 2. The highest BCUT2D eigenvalue weighted by atomic mass is 16.2. The maximum Gasteiger partial charge on any atom is 0.338 e. The summed E-state index contributed by atoms with van der Waals surface area (Å²) in [6.45, 7) is 4.04. The van der Waals surface area contributed by atoms with E-state index in [1.165, 1.54) is 5.01 Å². The van der Waals surface area contributed by atoms with Crippen LogP contribution in [0.15, 0.2) is 41.9 Å². The minimum absolute atomic E-state index is 0.0638. The lowest BCUT2D eigenvalue weighted by Gasteiger charge is -2.20. The number of rotatable bonds is 5. The van der Waals surface area contributed by atoms with Gasteiger partial charge in [0.1, 0.15) is 0 Å². The van der Waals surface area contributed by atoms with Gasteiger partial charge in [0.25, 0.3) is 0 Å². The Morgan fingerprint density at radius 3 is 2.71 bits per heavy atom. The van der Waals surface area contributed by atoms with Crippen LogP contribution in [0.25, 0.3) is 5.70 Å². The third kappa shape index (κ3) is 5.34. The van der Waals surface area contributed by atoms with E-state index >= 15 is 0 Å². The van der Waals surface area contributed by atoms with Gasteiger partial charge in [-0.05, 0) is 5.56 Å². The highest BCUT2D eigenvalue weighted by molar-refractivity contribution is 5.97. The van der Waals surface area contributed by atoms with Gasteiger partial charge in [-0.2, -0.15) is 5.26 Å². The number of hydrazine groups is 1. The van der Waals surface area contributed by atoms with E-state index < -0.39 is 6.03 Å². The Balaban J connectivity index is 2.65. The highest BCUT2D eigenvalue weighted by Crippen LogP contribution is 2.11. The Morgan fingerprint density at radius 1 is 1.48 bits per heavy atom. The molecule has 21 heavy (non-hydrogen) atoms. The molecule has 1 aromatic rings. The lowest BCUT2D eigenvalue weighted by atomic mass is 10.2. The number of urea groups is 1. The number of guanidine groups is 1. The Labute approximate surface area is 123 Å². The van der Waals surface area contributed by atoms with E-state index in [4.69, 9.17) is 11.0 Å². The van der Waals surface area contributed by atoms with Crippen LogP contribution in [0.2, 0.25) is 0 Å². The van der Waals surface area contributed by atoms with Crippen LogP contribution >= 0.6 is 0 Å². The fraction of sp³-hybridized carbons (Fsp3) is 0.214. The number of nitriles is 1. The molecular formula is C14H18N6O. The molecule has 0 fully saturated rings. The van der Waals surface area contributed by atoms with Crippen LogP contribution in [0, 0.1) is 11.3 Å². The molecule has 0 saturated heterocycles. The van der Waals surface area contributed by atoms with Crippen LogP contribution in [0.4, 0.5) is 4.79 Å². The third-order valence-electron chi connectivity index (χ3n) is 2.56. The Morgan fingerprint density at radius 2 is 2.14 bits per heavy atom. The van der Waals surface area contributed by atoms with Crippen LogP contribution < -0.4 is 16.5 Å². The van der Waals surface area contributed by atoms with E-state index in [1.54, 1.807) is 7.05 Å². The van der Waals surface area contributed by atoms with E-state index in [1.807, 2.05) is 36.4 Å². The molecule has 0 aliphatic carbocycles. The average Bonchev–Trinajstić information content (AvgIpc) is 2.48. The van der Waals surface area contributed by atoms with Crippen molar-refractivity contribution in [3.63, 3.8) is 0 Å². The second kappa shape index (κ2) is 8.35. The van der Waals surface area contributed by atoms with Gasteiger partial charge in [-0.15, -0.1) is 0 Å². The van der Waals surface area contributed by atoms with Gasteiger partial charge >= 0.3 is 6.03 Å². The molecular weight excluding hydrogens is 268 g/mol. The van der Waals surface area contributed by atoms with Crippen molar-refractivity contribution in [3.05, 3.63) is 42.5 Å². The molecule has 0 heterocycles. The molecule has 0 bridgehead atoms. The van der Waals surface area contributed by atoms with Gasteiger partial charge in [0, 0.05) is 7.05 Å². The number of amides is 2. The smallest absolute Gasteiger partial charge is 0.338 e. The lowest BCUT2D eigenvalue weighted by molar-refractivity contribution is 0.184. The molecule has 0 radical (unpaired) electrons. The molecule has 1 rings (SSSR count). The molecule has 0 unspecified atom stereocenters. The second-order valence-corrected chi connectivity index (χ2v) is 4.02. The Kier molecular flexibility index (Phi) is 6.44. The van der Waals surface area contributed by atoms with E-state index in [0.29, 0.717) is 5.70 Å². The normalized spacial score (nSPS) is 10.6. The summed E-state index contributed by atoms with van der Waals surface area (Å²) in [7, 11) is 1.58. The third-order valence-corrected chi connectivity index (χ3v) is 2.56. The van der Waals surface area contributed by atoms with Gasteiger partial charge in [-0.3, -0.25) is 10.3 Å². The summed E-state index contributed by atoms with van der Waals surface area (Å²) in [5.41, 5.74) is 9.59. The van der Waals surface area contributed by atoms with Gasteiger partial charge in [0.05, 0.1) is 24.7 Å². The van der Waals surface area contributed by atoms with E-state index in [0.717, 1.165) is 5.56 Å². The van der Waals surface area contributed by atoms with Crippen molar-refractivity contribution in [2.45, 2.75) is 6.42 Å². The number of benzene rings is 1. The predicted octanol–water partition coefficient (Wildman–Crippen LogP) is 1.03. The number of aliphatic imine (C=N–C) groups is 1. The van der Waals surface area contributed by atoms with Gasteiger partial charge in [0.2, 0.25) is 5.96 Å². The molecule has 0 atom stereocenters. The van der Waals surface area contributed by atoms with Crippen molar-refractivity contribution in [1.82, 2.24) is 15.8 Å².